The molecule has 0 radical (unpaired) electrons. The van der Waals surface area contributed by atoms with Gasteiger partial charge in [0.1, 0.15) is 0 Å². The number of benzene rings is 2. The Morgan fingerprint density at radius 1 is 0.941 bits per heavy atom. The highest BCUT2D eigenvalue weighted by atomic mass is 35.5. The van der Waals surface area contributed by atoms with Gasteiger partial charge in [-0.2, -0.15) is 0 Å². The lowest BCUT2D eigenvalue weighted by Gasteiger charge is -2.09. The quantitative estimate of drug-likeness (QED) is 0.776. The van der Waals surface area contributed by atoms with Crippen LogP contribution in [0.15, 0.2) is 36.4 Å². The lowest BCUT2D eigenvalue weighted by Crippen LogP contribution is -1.94. The number of nitrogens with two attached hydrogens (primary N) is 1. The molecule has 17 heavy (non-hydrogen) atoms. The second-order valence-corrected chi connectivity index (χ2v) is 4.57. The predicted molar refractivity (Wildman–Crippen MR) is 75.1 cm³/mol. The van der Waals surface area contributed by atoms with E-state index in [9.17, 15) is 0 Å². The van der Waals surface area contributed by atoms with Crippen molar-refractivity contribution in [1.82, 2.24) is 0 Å². The fourth-order valence-corrected chi connectivity index (χ4v) is 1.77. The number of anilines is 3. The maximum absolute atomic E-state index is 6.08. The summed E-state index contributed by atoms with van der Waals surface area (Å²) in [6.07, 6.45) is 0. The van der Waals surface area contributed by atoms with Crippen molar-refractivity contribution in [2.45, 2.75) is 13.8 Å². The molecule has 0 aromatic heterocycles. The zero-order chi connectivity index (χ0) is 12.4. The first-order chi connectivity index (χ1) is 8.06. The third-order valence-corrected chi connectivity index (χ3v) is 3.14. The van der Waals surface area contributed by atoms with Gasteiger partial charge in [0.2, 0.25) is 0 Å². The Morgan fingerprint density at radius 2 is 1.59 bits per heavy atom. The van der Waals surface area contributed by atoms with Crippen LogP contribution in [0.2, 0.25) is 5.02 Å². The van der Waals surface area contributed by atoms with E-state index >= 15 is 0 Å². The number of nitrogens with one attached hydrogen (secondary N) is 1. The van der Waals surface area contributed by atoms with Crippen LogP contribution in [0.4, 0.5) is 17.1 Å². The maximum atomic E-state index is 6.08. The number of aryl methyl sites for hydroxylation is 2. The van der Waals surface area contributed by atoms with Gasteiger partial charge in [-0.15, -0.1) is 0 Å². The predicted octanol–water partition coefficient (Wildman–Crippen LogP) is 4.28. The van der Waals surface area contributed by atoms with Gasteiger partial charge in [-0.3, -0.25) is 0 Å². The van der Waals surface area contributed by atoms with Gasteiger partial charge in [-0.1, -0.05) is 17.7 Å². The summed E-state index contributed by atoms with van der Waals surface area (Å²) in [5.74, 6) is 0. The van der Waals surface area contributed by atoms with Crippen LogP contribution in [0.3, 0.4) is 0 Å². The summed E-state index contributed by atoms with van der Waals surface area (Å²) >= 11 is 6.08. The summed E-state index contributed by atoms with van der Waals surface area (Å²) in [6, 6.07) is 11.8. The number of halogens is 1. The van der Waals surface area contributed by atoms with Gasteiger partial charge in [0, 0.05) is 22.1 Å². The zero-order valence-electron chi connectivity index (χ0n) is 9.92. The Morgan fingerprint density at radius 3 is 2.24 bits per heavy atom. The largest absolute Gasteiger partial charge is 0.399 e. The highest BCUT2D eigenvalue weighted by Crippen LogP contribution is 2.24. The van der Waals surface area contributed by atoms with Crippen molar-refractivity contribution in [2.24, 2.45) is 0 Å². The van der Waals surface area contributed by atoms with E-state index in [1.807, 2.05) is 50.2 Å². The first kappa shape index (κ1) is 11.8. The minimum absolute atomic E-state index is 0.766. The average Bonchev–Trinajstić information content (AvgIpc) is 2.29. The average molecular weight is 247 g/mol. The van der Waals surface area contributed by atoms with Gasteiger partial charge in [0.15, 0.2) is 0 Å². The Kier molecular flexibility index (Phi) is 3.25. The molecule has 0 heterocycles. The topological polar surface area (TPSA) is 38.0 Å². The Bertz CT molecular complexity index is 500. The normalized spacial score (nSPS) is 10.3. The summed E-state index contributed by atoms with van der Waals surface area (Å²) < 4.78 is 0. The smallest absolute Gasteiger partial charge is 0.0455 e. The minimum Gasteiger partial charge on any atom is -0.399 e. The van der Waals surface area contributed by atoms with Crippen LogP contribution in [0.25, 0.3) is 0 Å². The molecular formula is C14H15ClN2. The minimum atomic E-state index is 0.766. The molecule has 0 unspecified atom stereocenters. The third kappa shape index (κ3) is 2.71. The van der Waals surface area contributed by atoms with Crippen LogP contribution in [-0.4, -0.2) is 0 Å². The second-order valence-electron chi connectivity index (χ2n) is 4.16. The maximum Gasteiger partial charge on any atom is 0.0455 e. The van der Waals surface area contributed by atoms with Crippen molar-refractivity contribution < 1.29 is 0 Å². The third-order valence-electron chi connectivity index (χ3n) is 2.73. The van der Waals surface area contributed by atoms with Gasteiger partial charge in [-0.05, 0) is 55.3 Å². The van der Waals surface area contributed by atoms with Crippen molar-refractivity contribution in [3.63, 3.8) is 0 Å². The molecule has 0 bridgehead atoms. The van der Waals surface area contributed by atoms with E-state index in [4.69, 9.17) is 17.3 Å². The van der Waals surface area contributed by atoms with E-state index in [0.717, 1.165) is 33.2 Å². The van der Waals surface area contributed by atoms with E-state index < -0.39 is 0 Å². The molecule has 88 valence electrons. The molecule has 0 atom stereocenters. The second kappa shape index (κ2) is 4.68. The number of rotatable bonds is 2. The summed E-state index contributed by atoms with van der Waals surface area (Å²) in [5, 5.41) is 4.07. The van der Waals surface area contributed by atoms with E-state index in [2.05, 4.69) is 5.32 Å². The molecule has 2 rings (SSSR count). The van der Waals surface area contributed by atoms with E-state index in [1.165, 1.54) is 0 Å². The molecule has 2 aromatic carbocycles. The first-order valence-electron chi connectivity index (χ1n) is 5.45. The molecule has 0 aliphatic carbocycles. The molecule has 0 fully saturated rings. The van der Waals surface area contributed by atoms with Gasteiger partial charge in [0.05, 0.1) is 0 Å². The molecule has 0 saturated heterocycles. The van der Waals surface area contributed by atoms with Gasteiger partial charge >= 0.3 is 0 Å². The van der Waals surface area contributed by atoms with Gasteiger partial charge < -0.3 is 11.1 Å². The van der Waals surface area contributed by atoms with Crippen molar-refractivity contribution in [2.75, 3.05) is 11.1 Å². The van der Waals surface area contributed by atoms with E-state index in [0.29, 0.717) is 0 Å². The summed E-state index contributed by atoms with van der Waals surface area (Å²) in [5.41, 5.74) is 10.7. The summed E-state index contributed by atoms with van der Waals surface area (Å²) in [4.78, 5) is 0. The van der Waals surface area contributed by atoms with Crippen LogP contribution < -0.4 is 11.1 Å². The van der Waals surface area contributed by atoms with Gasteiger partial charge in [0.25, 0.3) is 0 Å². The van der Waals surface area contributed by atoms with Crippen molar-refractivity contribution in [1.29, 1.82) is 0 Å². The standard InChI is InChI=1S/C14H15ClN2/c1-9-3-4-12(8-13(9)15)17-11-5-6-14(16)10(2)7-11/h3-8,17H,16H2,1-2H3. The molecule has 0 aliphatic heterocycles. The molecule has 3 N–H and O–H groups in total. The van der Waals surface area contributed by atoms with E-state index in [1.54, 1.807) is 0 Å². The molecule has 3 heteroatoms. The molecule has 0 saturated carbocycles. The highest BCUT2D eigenvalue weighted by molar-refractivity contribution is 6.31. The first-order valence-corrected chi connectivity index (χ1v) is 5.83. The van der Waals surface area contributed by atoms with Crippen molar-refractivity contribution in [3.05, 3.63) is 52.5 Å². The lowest BCUT2D eigenvalue weighted by atomic mass is 10.1. The fourth-order valence-electron chi connectivity index (χ4n) is 1.59. The number of hydrogen-bond acceptors (Lipinski definition) is 2. The van der Waals surface area contributed by atoms with Crippen LogP contribution >= 0.6 is 11.6 Å². The molecule has 0 aliphatic rings. The van der Waals surface area contributed by atoms with Crippen molar-refractivity contribution >= 4 is 28.7 Å². The van der Waals surface area contributed by atoms with Crippen LogP contribution in [-0.2, 0) is 0 Å². The zero-order valence-corrected chi connectivity index (χ0v) is 10.7. The Balaban J connectivity index is 2.25. The Labute approximate surface area is 106 Å². The fraction of sp³-hybridized carbons (Fsp3) is 0.143. The summed E-state index contributed by atoms with van der Waals surface area (Å²) in [6.45, 7) is 3.97. The molecule has 0 spiro atoms. The molecule has 0 amide bonds. The molecule has 2 nitrogen and oxygen atoms in total. The monoisotopic (exact) mass is 246 g/mol. The lowest BCUT2D eigenvalue weighted by molar-refractivity contribution is 1.43. The molecular weight excluding hydrogens is 232 g/mol. The van der Waals surface area contributed by atoms with Crippen LogP contribution in [0.5, 0.6) is 0 Å². The number of nitrogen functional groups attached to an aromatic ring is 1. The van der Waals surface area contributed by atoms with E-state index in [-0.39, 0.29) is 0 Å². The summed E-state index contributed by atoms with van der Waals surface area (Å²) in [7, 11) is 0. The Hall–Kier alpha value is -1.67. The molecule has 2 aromatic rings. The van der Waals surface area contributed by atoms with Crippen LogP contribution in [0.1, 0.15) is 11.1 Å². The highest BCUT2D eigenvalue weighted by Gasteiger charge is 2.00. The number of hydrogen-bond donors (Lipinski definition) is 2. The van der Waals surface area contributed by atoms with Crippen molar-refractivity contribution in [3.8, 4) is 0 Å². The SMILES string of the molecule is Cc1cc(Nc2ccc(C)c(Cl)c2)ccc1N. The van der Waals surface area contributed by atoms with Crippen LogP contribution in [0, 0.1) is 13.8 Å². The van der Waals surface area contributed by atoms with Gasteiger partial charge in [-0.25, -0.2) is 0 Å².